The van der Waals surface area contributed by atoms with Crippen molar-refractivity contribution in [1.29, 1.82) is 0 Å². The number of aliphatic hydroxyl groups is 1. The van der Waals surface area contributed by atoms with Gasteiger partial charge in [0.05, 0.1) is 46.1 Å². The molecule has 1 fully saturated rings. The van der Waals surface area contributed by atoms with Crippen molar-refractivity contribution >= 4 is 5.91 Å². The SMILES string of the molecule is COc1ccc([C@@H]2[C@@H](CO)OCCN2C(=O)c2ccccc2OC)cc1OC. The molecule has 0 bridgehead atoms. The standard InChI is InChI=1S/C21H25NO6/c1-25-16-7-5-4-6-15(16)21(24)22-10-11-28-19(13-23)20(22)14-8-9-17(26-2)18(12-14)27-3/h4-9,12,19-20,23H,10-11,13H2,1-3H3/t19-,20-/m1/s1. The normalized spacial score (nSPS) is 19.2. The van der Waals surface area contributed by atoms with Crippen molar-refractivity contribution in [1.82, 2.24) is 4.90 Å². The van der Waals surface area contributed by atoms with Gasteiger partial charge in [0.1, 0.15) is 11.9 Å². The fraction of sp³-hybridized carbons (Fsp3) is 0.381. The molecular formula is C21H25NO6. The second-order valence-electron chi connectivity index (χ2n) is 6.35. The van der Waals surface area contributed by atoms with Gasteiger partial charge in [-0.25, -0.2) is 0 Å². The molecule has 7 heteroatoms. The number of ether oxygens (including phenoxy) is 4. The average molecular weight is 387 g/mol. The molecule has 150 valence electrons. The maximum absolute atomic E-state index is 13.4. The van der Waals surface area contributed by atoms with Crippen LogP contribution in [0.15, 0.2) is 42.5 Å². The minimum Gasteiger partial charge on any atom is -0.496 e. The van der Waals surface area contributed by atoms with E-state index in [1.165, 1.54) is 7.11 Å². The summed E-state index contributed by atoms with van der Waals surface area (Å²) in [6.07, 6.45) is -0.550. The van der Waals surface area contributed by atoms with Crippen LogP contribution in [0.3, 0.4) is 0 Å². The highest BCUT2D eigenvalue weighted by molar-refractivity contribution is 5.97. The molecule has 1 aliphatic rings. The Morgan fingerprint density at radius 2 is 1.79 bits per heavy atom. The number of morpholine rings is 1. The average Bonchev–Trinajstić information content (AvgIpc) is 2.77. The molecule has 2 atom stereocenters. The van der Waals surface area contributed by atoms with Crippen molar-refractivity contribution in [2.45, 2.75) is 12.1 Å². The number of nitrogens with zero attached hydrogens (tertiary/aromatic N) is 1. The van der Waals surface area contributed by atoms with E-state index in [4.69, 9.17) is 18.9 Å². The number of rotatable bonds is 6. The summed E-state index contributed by atoms with van der Waals surface area (Å²) in [6.45, 7) is 0.525. The molecule has 0 spiro atoms. The molecule has 1 N–H and O–H groups in total. The molecule has 0 radical (unpaired) electrons. The third kappa shape index (κ3) is 3.76. The number of benzene rings is 2. The van der Waals surface area contributed by atoms with E-state index in [1.54, 1.807) is 43.4 Å². The first-order chi connectivity index (χ1) is 13.6. The fourth-order valence-corrected chi connectivity index (χ4v) is 3.52. The number of para-hydroxylation sites is 1. The molecule has 0 unspecified atom stereocenters. The predicted octanol–water partition coefficient (Wildman–Crippen LogP) is 2.29. The van der Waals surface area contributed by atoms with Crippen molar-refractivity contribution < 1.29 is 28.8 Å². The lowest BCUT2D eigenvalue weighted by Gasteiger charge is -2.41. The molecule has 28 heavy (non-hydrogen) atoms. The summed E-state index contributed by atoms with van der Waals surface area (Å²) in [5.41, 5.74) is 1.26. The van der Waals surface area contributed by atoms with Crippen LogP contribution < -0.4 is 14.2 Å². The van der Waals surface area contributed by atoms with Gasteiger partial charge in [-0.2, -0.15) is 0 Å². The van der Waals surface area contributed by atoms with E-state index >= 15 is 0 Å². The van der Waals surface area contributed by atoms with Gasteiger partial charge < -0.3 is 29.0 Å². The number of carbonyl (C=O) groups is 1. The zero-order chi connectivity index (χ0) is 20.1. The van der Waals surface area contributed by atoms with Crippen molar-refractivity contribution in [3.63, 3.8) is 0 Å². The molecular weight excluding hydrogens is 362 g/mol. The highest BCUT2D eigenvalue weighted by Gasteiger charge is 2.37. The second-order valence-corrected chi connectivity index (χ2v) is 6.35. The largest absolute Gasteiger partial charge is 0.496 e. The highest BCUT2D eigenvalue weighted by atomic mass is 16.5. The first-order valence-electron chi connectivity index (χ1n) is 9.03. The number of hydrogen-bond donors (Lipinski definition) is 1. The van der Waals surface area contributed by atoms with Crippen LogP contribution in [-0.4, -0.2) is 63.1 Å². The molecule has 1 amide bonds. The van der Waals surface area contributed by atoms with Gasteiger partial charge in [0.2, 0.25) is 0 Å². The number of carbonyl (C=O) groups excluding carboxylic acids is 1. The van der Waals surface area contributed by atoms with Gasteiger partial charge in [-0.3, -0.25) is 4.79 Å². The minimum atomic E-state index is -0.550. The summed E-state index contributed by atoms with van der Waals surface area (Å²) in [4.78, 5) is 15.1. The second kappa shape index (κ2) is 8.95. The van der Waals surface area contributed by atoms with Crippen molar-refractivity contribution in [2.24, 2.45) is 0 Å². The number of amides is 1. The van der Waals surface area contributed by atoms with Gasteiger partial charge >= 0.3 is 0 Å². The molecule has 2 aromatic rings. The van der Waals surface area contributed by atoms with E-state index in [9.17, 15) is 9.90 Å². The van der Waals surface area contributed by atoms with Gasteiger partial charge in [0.25, 0.3) is 5.91 Å². The van der Waals surface area contributed by atoms with Gasteiger partial charge in [-0.05, 0) is 29.8 Å². The molecule has 0 saturated carbocycles. The van der Waals surface area contributed by atoms with Crippen molar-refractivity contribution in [3.8, 4) is 17.2 Å². The Morgan fingerprint density at radius 1 is 1.07 bits per heavy atom. The summed E-state index contributed by atoms with van der Waals surface area (Å²) in [7, 11) is 4.66. The maximum Gasteiger partial charge on any atom is 0.258 e. The van der Waals surface area contributed by atoms with Crippen LogP contribution in [0.5, 0.6) is 17.2 Å². The van der Waals surface area contributed by atoms with Crippen LogP contribution in [0.2, 0.25) is 0 Å². The third-order valence-corrected chi connectivity index (χ3v) is 4.88. The van der Waals surface area contributed by atoms with E-state index in [0.717, 1.165) is 5.56 Å². The molecule has 1 saturated heterocycles. The molecule has 1 heterocycles. The smallest absolute Gasteiger partial charge is 0.258 e. The lowest BCUT2D eigenvalue weighted by molar-refractivity contribution is -0.0812. The molecule has 1 aliphatic heterocycles. The monoisotopic (exact) mass is 387 g/mol. The van der Waals surface area contributed by atoms with E-state index in [0.29, 0.717) is 36.0 Å². The Kier molecular flexibility index (Phi) is 6.38. The summed E-state index contributed by atoms with van der Waals surface area (Å²) in [6, 6.07) is 12.1. The molecule has 3 rings (SSSR count). The summed E-state index contributed by atoms with van der Waals surface area (Å²) < 4.78 is 21.8. The highest BCUT2D eigenvalue weighted by Crippen LogP contribution is 2.37. The number of hydrogen-bond acceptors (Lipinski definition) is 6. The van der Waals surface area contributed by atoms with Crippen LogP contribution in [0.25, 0.3) is 0 Å². The van der Waals surface area contributed by atoms with E-state index in [1.807, 2.05) is 18.2 Å². The topological polar surface area (TPSA) is 77.5 Å². The first kappa shape index (κ1) is 20.0. The lowest BCUT2D eigenvalue weighted by Crippen LogP contribution is -2.49. The van der Waals surface area contributed by atoms with E-state index < -0.39 is 12.1 Å². The molecule has 0 aromatic heterocycles. The van der Waals surface area contributed by atoms with Crippen molar-refractivity contribution in [3.05, 3.63) is 53.6 Å². The van der Waals surface area contributed by atoms with Crippen LogP contribution >= 0.6 is 0 Å². The number of aliphatic hydroxyl groups excluding tert-OH is 1. The summed E-state index contributed by atoms with van der Waals surface area (Å²) in [5.74, 6) is 1.46. The van der Waals surface area contributed by atoms with Crippen LogP contribution in [0.1, 0.15) is 22.0 Å². The van der Waals surface area contributed by atoms with Gasteiger partial charge in [0, 0.05) is 6.54 Å². The number of methoxy groups -OCH3 is 3. The summed E-state index contributed by atoms with van der Waals surface area (Å²) >= 11 is 0. The van der Waals surface area contributed by atoms with Gasteiger partial charge in [-0.15, -0.1) is 0 Å². The third-order valence-electron chi connectivity index (χ3n) is 4.88. The first-order valence-corrected chi connectivity index (χ1v) is 9.03. The minimum absolute atomic E-state index is 0.181. The summed E-state index contributed by atoms with van der Waals surface area (Å²) in [5, 5.41) is 9.88. The van der Waals surface area contributed by atoms with Gasteiger partial charge in [-0.1, -0.05) is 18.2 Å². The molecule has 0 aliphatic carbocycles. The van der Waals surface area contributed by atoms with Crippen LogP contribution in [0, 0.1) is 0 Å². The van der Waals surface area contributed by atoms with Gasteiger partial charge in [0.15, 0.2) is 11.5 Å². The molecule has 7 nitrogen and oxygen atoms in total. The Labute approximate surface area is 164 Å². The van der Waals surface area contributed by atoms with Crippen LogP contribution in [-0.2, 0) is 4.74 Å². The zero-order valence-electron chi connectivity index (χ0n) is 16.3. The Morgan fingerprint density at radius 3 is 2.46 bits per heavy atom. The molecule has 2 aromatic carbocycles. The van der Waals surface area contributed by atoms with Crippen molar-refractivity contribution in [2.75, 3.05) is 41.1 Å². The lowest BCUT2D eigenvalue weighted by atomic mass is 9.96. The van der Waals surface area contributed by atoms with E-state index in [2.05, 4.69) is 0 Å². The maximum atomic E-state index is 13.4. The van der Waals surface area contributed by atoms with Crippen LogP contribution in [0.4, 0.5) is 0 Å². The Hall–Kier alpha value is -2.77. The fourth-order valence-electron chi connectivity index (χ4n) is 3.52. The Balaban J connectivity index is 2.03. The van der Waals surface area contributed by atoms with E-state index in [-0.39, 0.29) is 12.5 Å². The Bertz CT molecular complexity index is 824. The quantitative estimate of drug-likeness (QED) is 0.820. The predicted molar refractivity (Wildman–Crippen MR) is 103 cm³/mol. The zero-order valence-corrected chi connectivity index (χ0v) is 16.3.